The molecule has 2 rings (SSSR count). The molecule has 3 N–H and O–H groups in total. The van der Waals surface area contributed by atoms with Crippen LogP contribution in [0.5, 0.6) is 0 Å². The first-order valence-corrected chi connectivity index (χ1v) is 8.85. The van der Waals surface area contributed by atoms with Crippen molar-refractivity contribution in [2.45, 2.75) is 44.2 Å². The van der Waals surface area contributed by atoms with E-state index in [1.807, 2.05) is 6.92 Å². The lowest BCUT2D eigenvalue weighted by atomic mass is 9.94. The second kappa shape index (κ2) is 6.76. The molecule has 1 saturated heterocycles. The number of nitrogens with two attached hydrogens (primary N) is 1. The quantitative estimate of drug-likeness (QED) is 0.864. The lowest BCUT2D eigenvalue weighted by molar-refractivity contribution is -0.133. The largest absolute Gasteiger partial charge is 0.378 e. The standard InChI is InChI=1S/C15H22N2O4S/c1-10-8-12(5-6-14(10)22(16,19)20)9-17-15(18)13-4-3-7-21-11(13)2/h5-6,8,11,13H,3-4,7,9H2,1-2H3,(H,17,18)(H2,16,19,20)/t11-,13-/m1/s1. The molecule has 1 aromatic rings. The zero-order chi connectivity index (χ0) is 16.3. The Labute approximate surface area is 131 Å². The van der Waals surface area contributed by atoms with E-state index in [4.69, 9.17) is 9.88 Å². The Morgan fingerprint density at radius 1 is 1.45 bits per heavy atom. The van der Waals surface area contributed by atoms with Crippen molar-refractivity contribution < 1.29 is 17.9 Å². The van der Waals surface area contributed by atoms with Gasteiger partial charge in [0.1, 0.15) is 0 Å². The zero-order valence-electron chi connectivity index (χ0n) is 12.8. The van der Waals surface area contributed by atoms with E-state index in [2.05, 4.69) is 5.32 Å². The molecule has 1 heterocycles. The SMILES string of the molecule is Cc1cc(CNC(=O)[C@@H]2CCCO[C@@H]2C)ccc1S(N)(=O)=O. The van der Waals surface area contributed by atoms with Crippen LogP contribution in [0.15, 0.2) is 23.1 Å². The van der Waals surface area contributed by atoms with Gasteiger partial charge in [0.05, 0.1) is 16.9 Å². The Bertz CT molecular complexity index is 658. The third-order valence-electron chi connectivity index (χ3n) is 3.96. The maximum atomic E-state index is 12.2. The summed E-state index contributed by atoms with van der Waals surface area (Å²) in [7, 11) is -3.71. The number of hydrogen-bond donors (Lipinski definition) is 2. The normalized spacial score (nSPS) is 22.3. The molecule has 0 aliphatic carbocycles. The monoisotopic (exact) mass is 326 g/mol. The number of carbonyl (C=O) groups excluding carboxylic acids is 1. The fourth-order valence-electron chi connectivity index (χ4n) is 2.73. The van der Waals surface area contributed by atoms with Gasteiger partial charge in [-0.05, 0) is 43.9 Å². The van der Waals surface area contributed by atoms with Gasteiger partial charge in [0.15, 0.2) is 0 Å². The van der Waals surface area contributed by atoms with Gasteiger partial charge < -0.3 is 10.1 Å². The molecule has 6 nitrogen and oxygen atoms in total. The van der Waals surface area contributed by atoms with Gasteiger partial charge in [-0.2, -0.15) is 0 Å². The maximum Gasteiger partial charge on any atom is 0.238 e. The highest BCUT2D eigenvalue weighted by Gasteiger charge is 2.28. The van der Waals surface area contributed by atoms with Crippen LogP contribution in [0, 0.1) is 12.8 Å². The number of sulfonamides is 1. The van der Waals surface area contributed by atoms with Gasteiger partial charge in [-0.1, -0.05) is 12.1 Å². The molecule has 1 aliphatic rings. The number of hydrogen-bond acceptors (Lipinski definition) is 4. The van der Waals surface area contributed by atoms with Gasteiger partial charge in [-0.25, -0.2) is 13.6 Å². The van der Waals surface area contributed by atoms with Gasteiger partial charge in [0.25, 0.3) is 0 Å². The lowest BCUT2D eigenvalue weighted by Gasteiger charge is -2.28. The van der Waals surface area contributed by atoms with E-state index in [0.29, 0.717) is 18.7 Å². The number of primary sulfonamides is 1. The fraction of sp³-hybridized carbons (Fsp3) is 0.533. The van der Waals surface area contributed by atoms with Crippen LogP contribution in [0.1, 0.15) is 30.9 Å². The molecule has 7 heteroatoms. The van der Waals surface area contributed by atoms with Gasteiger partial charge in [0.2, 0.25) is 15.9 Å². The first-order chi connectivity index (χ1) is 10.3. The van der Waals surface area contributed by atoms with Crippen LogP contribution in [0.25, 0.3) is 0 Å². The maximum absolute atomic E-state index is 12.2. The number of aryl methyl sites for hydroxylation is 1. The summed E-state index contributed by atoms with van der Waals surface area (Å²) < 4.78 is 28.2. The van der Waals surface area contributed by atoms with Crippen LogP contribution in [0.2, 0.25) is 0 Å². The Morgan fingerprint density at radius 3 is 2.77 bits per heavy atom. The van der Waals surface area contributed by atoms with E-state index >= 15 is 0 Å². The number of rotatable bonds is 4. The highest BCUT2D eigenvalue weighted by atomic mass is 32.2. The van der Waals surface area contributed by atoms with Crippen molar-refractivity contribution in [1.82, 2.24) is 5.32 Å². The molecule has 1 aliphatic heterocycles. The van der Waals surface area contributed by atoms with Crippen molar-refractivity contribution in [3.63, 3.8) is 0 Å². The Balaban J connectivity index is 2.00. The van der Waals surface area contributed by atoms with Crippen molar-refractivity contribution in [3.05, 3.63) is 29.3 Å². The summed E-state index contributed by atoms with van der Waals surface area (Å²) in [6, 6.07) is 4.85. The van der Waals surface area contributed by atoms with Crippen molar-refractivity contribution in [2.75, 3.05) is 6.61 Å². The minimum Gasteiger partial charge on any atom is -0.378 e. The summed E-state index contributed by atoms with van der Waals surface area (Å²) in [4.78, 5) is 12.3. The molecular formula is C15H22N2O4S. The first kappa shape index (κ1) is 16.9. The molecule has 0 bridgehead atoms. The predicted molar refractivity (Wildman–Crippen MR) is 82.5 cm³/mol. The minimum absolute atomic E-state index is 0.0274. The van der Waals surface area contributed by atoms with Crippen LogP contribution in [0.3, 0.4) is 0 Å². The Kier molecular flexibility index (Phi) is 5.20. The average molecular weight is 326 g/mol. The molecule has 0 unspecified atom stereocenters. The number of benzene rings is 1. The third kappa shape index (κ3) is 4.06. The molecular weight excluding hydrogens is 304 g/mol. The van der Waals surface area contributed by atoms with Gasteiger partial charge in [-0.3, -0.25) is 4.79 Å². The van der Waals surface area contributed by atoms with Gasteiger partial charge >= 0.3 is 0 Å². The Hall–Kier alpha value is -1.44. The van der Waals surface area contributed by atoms with Crippen LogP contribution >= 0.6 is 0 Å². The van der Waals surface area contributed by atoms with Gasteiger partial charge in [-0.15, -0.1) is 0 Å². The van der Waals surface area contributed by atoms with Crippen molar-refractivity contribution in [2.24, 2.45) is 11.1 Å². The number of nitrogens with one attached hydrogen (secondary N) is 1. The van der Waals surface area contributed by atoms with E-state index in [1.54, 1.807) is 19.1 Å². The van der Waals surface area contributed by atoms with E-state index in [9.17, 15) is 13.2 Å². The average Bonchev–Trinajstić information content (AvgIpc) is 2.44. The highest BCUT2D eigenvalue weighted by molar-refractivity contribution is 7.89. The Morgan fingerprint density at radius 2 is 2.18 bits per heavy atom. The smallest absolute Gasteiger partial charge is 0.238 e. The highest BCUT2D eigenvalue weighted by Crippen LogP contribution is 2.21. The third-order valence-corrected chi connectivity index (χ3v) is 5.03. The minimum atomic E-state index is -3.71. The van der Waals surface area contributed by atoms with Crippen molar-refractivity contribution in [3.8, 4) is 0 Å². The van der Waals surface area contributed by atoms with Crippen LogP contribution in [0.4, 0.5) is 0 Å². The van der Waals surface area contributed by atoms with Crippen molar-refractivity contribution in [1.29, 1.82) is 0 Å². The molecule has 2 atom stereocenters. The molecule has 0 radical (unpaired) electrons. The molecule has 1 aromatic carbocycles. The summed E-state index contributed by atoms with van der Waals surface area (Å²) >= 11 is 0. The van der Waals surface area contributed by atoms with E-state index in [1.165, 1.54) is 6.07 Å². The first-order valence-electron chi connectivity index (χ1n) is 7.30. The van der Waals surface area contributed by atoms with E-state index in [-0.39, 0.29) is 22.8 Å². The molecule has 1 fully saturated rings. The topological polar surface area (TPSA) is 98.5 Å². The summed E-state index contributed by atoms with van der Waals surface area (Å²) in [6.45, 7) is 4.66. The predicted octanol–water partition coefficient (Wildman–Crippen LogP) is 1.07. The van der Waals surface area contributed by atoms with Crippen LogP contribution < -0.4 is 10.5 Å². The van der Waals surface area contributed by atoms with Crippen LogP contribution in [-0.4, -0.2) is 27.0 Å². The summed E-state index contributed by atoms with van der Waals surface area (Å²) in [5.74, 6) is -0.154. The molecule has 1 amide bonds. The lowest BCUT2D eigenvalue weighted by Crippen LogP contribution is -2.39. The fourth-order valence-corrected chi connectivity index (χ4v) is 3.49. The zero-order valence-corrected chi connectivity index (χ0v) is 13.7. The van der Waals surface area contributed by atoms with Gasteiger partial charge in [0, 0.05) is 13.2 Å². The number of carbonyl (C=O) groups is 1. The molecule has 122 valence electrons. The van der Waals surface area contributed by atoms with E-state index in [0.717, 1.165) is 18.4 Å². The molecule has 0 saturated carbocycles. The molecule has 0 spiro atoms. The van der Waals surface area contributed by atoms with Crippen molar-refractivity contribution >= 4 is 15.9 Å². The second-order valence-electron chi connectivity index (χ2n) is 5.69. The molecule has 0 aromatic heterocycles. The number of amides is 1. The second-order valence-corrected chi connectivity index (χ2v) is 7.22. The van der Waals surface area contributed by atoms with E-state index < -0.39 is 10.0 Å². The van der Waals surface area contributed by atoms with Crippen LogP contribution in [-0.2, 0) is 26.1 Å². The summed E-state index contributed by atoms with van der Waals surface area (Å²) in [5.41, 5.74) is 1.41. The summed E-state index contributed by atoms with van der Waals surface area (Å²) in [5, 5.41) is 8.02. The number of ether oxygens (including phenoxy) is 1. The molecule has 22 heavy (non-hydrogen) atoms. The summed E-state index contributed by atoms with van der Waals surface area (Å²) in [6.07, 6.45) is 1.65.